The highest BCUT2D eigenvalue weighted by Gasteiger charge is 2.17. The molecular formula is C17H17N3O2. The molecule has 0 unspecified atom stereocenters. The molecule has 112 valence electrons. The molecule has 0 spiro atoms. The molecule has 0 fully saturated rings. The maximum Gasteiger partial charge on any atom is 0.201 e. The van der Waals surface area contributed by atoms with E-state index in [4.69, 9.17) is 15.2 Å². The quantitative estimate of drug-likeness (QED) is 0.789. The zero-order valence-electron chi connectivity index (χ0n) is 12.4. The van der Waals surface area contributed by atoms with Gasteiger partial charge in [0.1, 0.15) is 13.2 Å². The number of aromatic nitrogens is 2. The third-order valence-electron chi connectivity index (χ3n) is 4.03. The summed E-state index contributed by atoms with van der Waals surface area (Å²) in [5.74, 6) is 1.99. The lowest BCUT2D eigenvalue weighted by atomic mass is 10.1. The van der Waals surface area contributed by atoms with E-state index < -0.39 is 0 Å². The first-order chi connectivity index (χ1) is 10.7. The Bertz CT molecular complexity index is 854. The van der Waals surface area contributed by atoms with Gasteiger partial charge in [-0.05, 0) is 18.1 Å². The fraction of sp³-hybridized carbons (Fsp3) is 0.235. The Morgan fingerprint density at radius 3 is 2.64 bits per heavy atom. The van der Waals surface area contributed by atoms with E-state index in [1.54, 1.807) is 0 Å². The Balaban J connectivity index is 1.83. The van der Waals surface area contributed by atoms with E-state index in [0.29, 0.717) is 25.7 Å². The number of fused-ring (bicyclic) bond motifs is 2. The van der Waals surface area contributed by atoms with E-state index in [-0.39, 0.29) is 0 Å². The van der Waals surface area contributed by atoms with Crippen LogP contribution in [-0.2, 0) is 6.54 Å². The number of ether oxygens (including phenoxy) is 2. The average Bonchev–Trinajstić information content (AvgIpc) is 2.82. The van der Waals surface area contributed by atoms with Gasteiger partial charge in [-0.25, -0.2) is 4.98 Å². The number of anilines is 1. The van der Waals surface area contributed by atoms with Crippen LogP contribution in [0.25, 0.3) is 11.0 Å². The number of nitrogen functional groups attached to an aromatic ring is 1. The van der Waals surface area contributed by atoms with Crippen LogP contribution in [0.1, 0.15) is 11.1 Å². The molecule has 2 heterocycles. The van der Waals surface area contributed by atoms with E-state index in [1.807, 2.05) is 28.8 Å². The highest BCUT2D eigenvalue weighted by Crippen LogP contribution is 2.35. The number of benzene rings is 2. The van der Waals surface area contributed by atoms with Crippen LogP contribution in [0.5, 0.6) is 11.5 Å². The van der Waals surface area contributed by atoms with Gasteiger partial charge in [0.05, 0.1) is 17.6 Å². The van der Waals surface area contributed by atoms with Crippen molar-refractivity contribution >= 4 is 17.0 Å². The van der Waals surface area contributed by atoms with E-state index >= 15 is 0 Å². The van der Waals surface area contributed by atoms with Gasteiger partial charge in [-0.15, -0.1) is 0 Å². The van der Waals surface area contributed by atoms with Crippen LogP contribution < -0.4 is 15.2 Å². The predicted molar refractivity (Wildman–Crippen MR) is 85.4 cm³/mol. The van der Waals surface area contributed by atoms with Gasteiger partial charge in [-0.3, -0.25) is 0 Å². The molecule has 2 N–H and O–H groups in total. The second-order valence-corrected chi connectivity index (χ2v) is 5.47. The molecule has 0 aliphatic carbocycles. The molecule has 1 aliphatic rings. The number of hydrogen-bond acceptors (Lipinski definition) is 4. The molecule has 0 amide bonds. The normalized spacial score (nSPS) is 13.5. The number of aryl methyl sites for hydroxylation is 1. The first-order valence-electron chi connectivity index (χ1n) is 7.32. The minimum Gasteiger partial charge on any atom is -0.486 e. The Morgan fingerprint density at radius 2 is 1.86 bits per heavy atom. The summed E-state index contributed by atoms with van der Waals surface area (Å²) < 4.78 is 13.3. The molecule has 0 radical (unpaired) electrons. The maximum atomic E-state index is 6.12. The lowest BCUT2D eigenvalue weighted by Crippen LogP contribution is -2.15. The molecule has 3 aromatic rings. The van der Waals surface area contributed by atoms with Gasteiger partial charge >= 0.3 is 0 Å². The topological polar surface area (TPSA) is 62.3 Å². The minimum absolute atomic E-state index is 0.501. The number of nitrogens with two attached hydrogens (primary N) is 1. The van der Waals surface area contributed by atoms with Gasteiger partial charge in [-0.2, -0.15) is 0 Å². The highest BCUT2D eigenvalue weighted by atomic mass is 16.6. The summed E-state index contributed by atoms with van der Waals surface area (Å²) in [6, 6.07) is 12.1. The van der Waals surface area contributed by atoms with Gasteiger partial charge < -0.3 is 19.8 Å². The molecule has 22 heavy (non-hydrogen) atoms. The van der Waals surface area contributed by atoms with Crippen LogP contribution in [0.15, 0.2) is 36.4 Å². The zero-order chi connectivity index (χ0) is 15.1. The first-order valence-corrected chi connectivity index (χ1v) is 7.32. The smallest absolute Gasteiger partial charge is 0.201 e. The summed E-state index contributed by atoms with van der Waals surface area (Å²) in [5.41, 5.74) is 10.4. The lowest BCUT2D eigenvalue weighted by Gasteiger charge is -2.18. The van der Waals surface area contributed by atoms with Crippen molar-refractivity contribution in [2.24, 2.45) is 0 Å². The molecule has 0 bridgehead atoms. The van der Waals surface area contributed by atoms with Crippen LogP contribution in [0.3, 0.4) is 0 Å². The largest absolute Gasteiger partial charge is 0.486 e. The number of imidazole rings is 1. The SMILES string of the molecule is Cc1ccccc1Cn1c(N)nc2cc3c(cc21)OCCO3. The summed E-state index contributed by atoms with van der Waals surface area (Å²) in [7, 11) is 0. The van der Waals surface area contributed by atoms with Crippen molar-refractivity contribution in [1.29, 1.82) is 0 Å². The maximum absolute atomic E-state index is 6.12. The van der Waals surface area contributed by atoms with E-state index in [9.17, 15) is 0 Å². The van der Waals surface area contributed by atoms with Crippen molar-refractivity contribution in [1.82, 2.24) is 9.55 Å². The lowest BCUT2D eigenvalue weighted by molar-refractivity contribution is 0.172. The number of hydrogen-bond donors (Lipinski definition) is 1. The van der Waals surface area contributed by atoms with Crippen LogP contribution in [0.2, 0.25) is 0 Å². The average molecular weight is 295 g/mol. The monoisotopic (exact) mass is 295 g/mol. The standard InChI is InChI=1S/C17H17N3O2/c1-11-4-2-3-5-12(11)10-20-14-9-16-15(21-6-7-22-16)8-13(14)19-17(20)18/h2-5,8-9H,6-7,10H2,1H3,(H2,18,19). The van der Waals surface area contributed by atoms with Gasteiger partial charge in [0, 0.05) is 12.1 Å². The van der Waals surface area contributed by atoms with Crippen LogP contribution >= 0.6 is 0 Å². The fourth-order valence-electron chi connectivity index (χ4n) is 2.80. The number of nitrogens with zero attached hydrogens (tertiary/aromatic N) is 2. The zero-order valence-corrected chi connectivity index (χ0v) is 12.4. The summed E-state index contributed by atoms with van der Waals surface area (Å²) >= 11 is 0. The molecular weight excluding hydrogens is 278 g/mol. The van der Waals surface area contributed by atoms with Gasteiger partial charge in [0.25, 0.3) is 0 Å². The Morgan fingerprint density at radius 1 is 1.14 bits per heavy atom. The molecule has 0 saturated carbocycles. The fourth-order valence-corrected chi connectivity index (χ4v) is 2.80. The summed E-state index contributed by atoms with van der Waals surface area (Å²) in [4.78, 5) is 4.45. The number of rotatable bonds is 2. The molecule has 2 aromatic carbocycles. The van der Waals surface area contributed by atoms with E-state index in [1.165, 1.54) is 11.1 Å². The van der Waals surface area contributed by atoms with Crippen molar-refractivity contribution in [2.45, 2.75) is 13.5 Å². The predicted octanol–water partition coefficient (Wildman–Crippen LogP) is 2.75. The summed E-state index contributed by atoms with van der Waals surface area (Å²) in [6.45, 7) is 3.93. The second-order valence-electron chi connectivity index (χ2n) is 5.47. The third-order valence-corrected chi connectivity index (χ3v) is 4.03. The minimum atomic E-state index is 0.501. The van der Waals surface area contributed by atoms with Crippen molar-refractivity contribution in [3.63, 3.8) is 0 Å². The molecule has 0 saturated heterocycles. The van der Waals surface area contributed by atoms with Crippen LogP contribution in [-0.4, -0.2) is 22.8 Å². The second kappa shape index (κ2) is 4.94. The first kappa shape index (κ1) is 13.0. The van der Waals surface area contributed by atoms with Gasteiger partial charge in [0.2, 0.25) is 5.95 Å². The van der Waals surface area contributed by atoms with Crippen molar-refractivity contribution in [3.05, 3.63) is 47.5 Å². The third kappa shape index (κ3) is 2.06. The Hall–Kier alpha value is -2.69. The molecule has 5 heteroatoms. The van der Waals surface area contributed by atoms with E-state index in [2.05, 4.69) is 24.0 Å². The highest BCUT2D eigenvalue weighted by molar-refractivity contribution is 5.82. The van der Waals surface area contributed by atoms with Crippen LogP contribution in [0, 0.1) is 6.92 Å². The Kier molecular flexibility index (Phi) is 2.92. The van der Waals surface area contributed by atoms with Gasteiger partial charge in [-0.1, -0.05) is 24.3 Å². The summed E-state index contributed by atoms with van der Waals surface area (Å²) in [6.07, 6.45) is 0. The van der Waals surface area contributed by atoms with Crippen molar-refractivity contribution in [3.8, 4) is 11.5 Å². The van der Waals surface area contributed by atoms with Crippen LogP contribution in [0.4, 0.5) is 5.95 Å². The van der Waals surface area contributed by atoms with Crippen molar-refractivity contribution < 1.29 is 9.47 Å². The molecule has 4 rings (SSSR count). The molecule has 1 aliphatic heterocycles. The molecule has 0 atom stereocenters. The van der Waals surface area contributed by atoms with Gasteiger partial charge in [0.15, 0.2) is 11.5 Å². The van der Waals surface area contributed by atoms with Crippen molar-refractivity contribution in [2.75, 3.05) is 18.9 Å². The molecule has 5 nitrogen and oxygen atoms in total. The van der Waals surface area contributed by atoms with E-state index in [0.717, 1.165) is 22.5 Å². The Labute approximate surface area is 128 Å². The molecule has 1 aromatic heterocycles. The summed E-state index contributed by atoms with van der Waals surface area (Å²) in [5, 5.41) is 0.